The van der Waals surface area contributed by atoms with Crippen molar-refractivity contribution in [1.82, 2.24) is 0 Å². The Hall–Kier alpha value is -1.57. The Morgan fingerprint density at radius 2 is 1.89 bits per heavy atom. The SMILES string of the molecule is CC[C@@H](C)C[C@@H](C)/C=C(\C)C(=O)Nc1ccccc1. The van der Waals surface area contributed by atoms with Gasteiger partial charge in [0, 0.05) is 11.3 Å². The maximum absolute atomic E-state index is 12.0. The van der Waals surface area contributed by atoms with Crippen molar-refractivity contribution in [1.29, 1.82) is 0 Å². The van der Waals surface area contributed by atoms with E-state index in [0.717, 1.165) is 17.7 Å². The summed E-state index contributed by atoms with van der Waals surface area (Å²) in [5.74, 6) is 1.13. The molecule has 0 radical (unpaired) electrons. The molecule has 0 heterocycles. The first-order valence-corrected chi connectivity index (χ1v) is 7.07. The van der Waals surface area contributed by atoms with Gasteiger partial charge >= 0.3 is 0 Å². The molecule has 1 N–H and O–H groups in total. The standard InChI is InChI=1S/C17H25NO/c1-5-13(2)11-14(3)12-15(4)17(19)18-16-9-7-6-8-10-16/h6-10,12-14H,5,11H2,1-4H3,(H,18,19)/b15-12+/t13-,14-/m1/s1. The van der Waals surface area contributed by atoms with Crippen LogP contribution in [0.4, 0.5) is 5.69 Å². The Labute approximate surface area is 116 Å². The highest BCUT2D eigenvalue weighted by molar-refractivity contribution is 6.03. The smallest absolute Gasteiger partial charge is 0.250 e. The summed E-state index contributed by atoms with van der Waals surface area (Å²) >= 11 is 0. The zero-order valence-corrected chi connectivity index (χ0v) is 12.4. The fourth-order valence-electron chi connectivity index (χ4n) is 2.12. The van der Waals surface area contributed by atoms with Gasteiger partial charge < -0.3 is 5.32 Å². The van der Waals surface area contributed by atoms with Gasteiger partial charge in [-0.1, -0.05) is 51.5 Å². The van der Waals surface area contributed by atoms with Crippen molar-refractivity contribution in [2.24, 2.45) is 11.8 Å². The van der Waals surface area contributed by atoms with Gasteiger partial charge in [-0.2, -0.15) is 0 Å². The van der Waals surface area contributed by atoms with Gasteiger partial charge in [-0.25, -0.2) is 0 Å². The molecular formula is C17H25NO. The maximum Gasteiger partial charge on any atom is 0.250 e. The number of hydrogen-bond acceptors (Lipinski definition) is 1. The maximum atomic E-state index is 12.0. The van der Waals surface area contributed by atoms with Gasteiger partial charge in [0.25, 0.3) is 5.91 Å². The van der Waals surface area contributed by atoms with Gasteiger partial charge in [0.2, 0.25) is 0 Å². The number of para-hydroxylation sites is 1. The van der Waals surface area contributed by atoms with Crippen molar-refractivity contribution in [3.05, 3.63) is 42.0 Å². The van der Waals surface area contributed by atoms with Crippen molar-refractivity contribution in [2.75, 3.05) is 5.32 Å². The largest absolute Gasteiger partial charge is 0.322 e. The van der Waals surface area contributed by atoms with E-state index < -0.39 is 0 Å². The fraction of sp³-hybridized carbons (Fsp3) is 0.471. The van der Waals surface area contributed by atoms with Gasteiger partial charge in [-0.15, -0.1) is 0 Å². The van der Waals surface area contributed by atoms with Gasteiger partial charge in [-0.3, -0.25) is 4.79 Å². The quantitative estimate of drug-likeness (QED) is 0.741. The molecule has 0 aromatic heterocycles. The summed E-state index contributed by atoms with van der Waals surface area (Å²) in [6.45, 7) is 8.51. The molecule has 2 heteroatoms. The predicted molar refractivity (Wildman–Crippen MR) is 82.1 cm³/mol. The van der Waals surface area contributed by atoms with Crippen LogP contribution in [-0.4, -0.2) is 5.91 Å². The molecule has 1 aromatic rings. The molecule has 0 aliphatic carbocycles. The van der Waals surface area contributed by atoms with E-state index in [1.807, 2.05) is 37.3 Å². The van der Waals surface area contributed by atoms with E-state index in [9.17, 15) is 4.79 Å². The first-order chi connectivity index (χ1) is 9.02. The van der Waals surface area contributed by atoms with Crippen molar-refractivity contribution in [2.45, 2.75) is 40.5 Å². The molecule has 1 aromatic carbocycles. The summed E-state index contributed by atoms with van der Waals surface area (Å²) in [7, 11) is 0. The lowest BCUT2D eigenvalue weighted by molar-refractivity contribution is -0.112. The van der Waals surface area contributed by atoms with E-state index in [-0.39, 0.29) is 5.91 Å². The number of carbonyl (C=O) groups excluding carboxylic acids is 1. The van der Waals surface area contributed by atoms with E-state index in [0.29, 0.717) is 11.8 Å². The Morgan fingerprint density at radius 3 is 2.47 bits per heavy atom. The lowest BCUT2D eigenvalue weighted by atomic mass is 9.94. The van der Waals surface area contributed by atoms with Crippen LogP contribution in [0.1, 0.15) is 40.5 Å². The van der Waals surface area contributed by atoms with E-state index in [1.54, 1.807) is 0 Å². The molecule has 0 unspecified atom stereocenters. The predicted octanol–water partition coefficient (Wildman–Crippen LogP) is 4.64. The summed E-state index contributed by atoms with van der Waals surface area (Å²) in [5, 5.41) is 2.91. The molecule has 0 saturated carbocycles. The van der Waals surface area contributed by atoms with Crippen LogP contribution >= 0.6 is 0 Å². The fourth-order valence-corrected chi connectivity index (χ4v) is 2.12. The molecule has 2 atom stereocenters. The monoisotopic (exact) mass is 259 g/mol. The average molecular weight is 259 g/mol. The van der Waals surface area contributed by atoms with E-state index >= 15 is 0 Å². The average Bonchev–Trinajstić information content (AvgIpc) is 2.39. The molecule has 19 heavy (non-hydrogen) atoms. The minimum Gasteiger partial charge on any atom is -0.322 e. The minimum atomic E-state index is -0.0119. The van der Waals surface area contributed by atoms with Crippen LogP contribution in [0, 0.1) is 11.8 Å². The Morgan fingerprint density at radius 1 is 1.26 bits per heavy atom. The Balaban J connectivity index is 2.56. The number of carbonyl (C=O) groups is 1. The second-order valence-electron chi connectivity index (χ2n) is 5.40. The molecule has 2 nitrogen and oxygen atoms in total. The molecule has 1 rings (SSSR count). The third kappa shape index (κ3) is 5.73. The molecule has 0 saturated heterocycles. The molecule has 1 amide bonds. The van der Waals surface area contributed by atoms with Crippen molar-refractivity contribution < 1.29 is 4.79 Å². The number of amides is 1. The van der Waals surface area contributed by atoms with E-state index in [1.165, 1.54) is 6.42 Å². The zero-order valence-electron chi connectivity index (χ0n) is 12.4. The number of nitrogens with one attached hydrogen (secondary N) is 1. The van der Waals surface area contributed by atoms with Gasteiger partial charge in [-0.05, 0) is 37.3 Å². The lowest BCUT2D eigenvalue weighted by Gasteiger charge is -2.13. The van der Waals surface area contributed by atoms with Crippen LogP contribution in [0.15, 0.2) is 42.0 Å². The molecular weight excluding hydrogens is 234 g/mol. The Bertz CT molecular complexity index is 422. The van der Waals surface area contributed by atoms with Crippen molar-refractivity contribution >= 4 is 11.6 Å². The van der Waals surface area contributed by atoms with Gasteiger partial charge in [0.1, 0.15) is 0 Å². The number of benzene rings is 1. The highest BCUT2D eigenvalue weighted by Gasteiger charge is 2.09. The summed E-state index contributed by atoms with van der Waals surface area (Å²) in [6.07, 6.45) is 4.39. The third-order valence-corrected chi connectivity index (χ3v) is 3.40. The molecule has 0 bridgehead atoms. The highest BCUT2D eigenvalue weighted by Crippen LogP contribution is 2.17. The van der Waals surface area contributed by atoms with Crippen molar-refractivity contribution in [3.63, 3.8) is 0 Å². The molecule has 0 aliphatic heterocycles. The lowest BCUT2D eigenvalue weighted by Crippen LogP contribution is -2.13. The van der Waals surface area contributed by atoms with Gasteiger partial charge in [0.05, 0.1) is 0 Å². The van der Waals surface area contributed by atoms with Crippen molar-refractivity contribution in [3.8, 4) is 0 Å². The zero-order chi connectivity index (χ0) is 14.3. The number of anilines is 1. The first-order valence-electron chi connectivity index (χ1n) is 7.07. The van der Waals surface area contributed by atoms with E-state index in [4.69, 9.17) is 0 Å². The molecule has 0 spiro atoms. The second kappa shape index (κ2) is 7.78. The van der Waals surface area contributed by atoms with Crippen LogP contribution in [0.25, 0.3) is 0 Å². The molecule has 0 fully saturated rings. The normalized spacial score (nSPS) is 14.8. The number of rotatable bonds is 6. The second-order valence-corrected chi connectivity index (χ2v) is 5.40. The topological polar surface area (TPSA) is 29.1 Å². The number of hydrogen-bond donors (Lipinski definition) is 1. The summed E-state index contributed by atoms with van der Waals surface area (Å²) in [4.78, 5) is 12.0. The van der Waals surface area contributed by atoms with Crippen LogP contribution in [0.3, 0.4) is 0 Å². The molecule has 0 aliphatic rings. The highest BCUT2D eigenvalue weighted by atomic mass is 16.1. The summed E-state index contributed by atoms with van der Waals surface area (Å²) in [5.41, 5.74) is 1.63. The number of allylic oxidation sites excluding steroid dienone is 1. The Kier molecular flexibility index (Phi) is 6.34. The van der Waals surface area contributed by atoms with Crippen LogP contribution in [0.2, 0.25) is 0 Å². The van der Waals surface area contributed by atoms with Crippen LogP contribution < -0.4 is 5.32 Å². The van der Waals surface area contributed by atoms with Crippen LogP contribution in [0.5, 0.6) is 0 Å². The third-order valence-electron chi connectivity index (χ3n) is 3.40. The van der Waals surface area contributed by atoms with E-state index in [2.05, 4.69) is 32.2 Å². The van der Waals surface area contributed by atoms with Gasteiger partial charge in [0.15, 0.2) is 0 Å². The summed E-state index contributed by atoms with van der Waals surface area (Å²) in [6, 6.07) is 9.56. The van der Waals surface area contributed by atoms with Crippen LogP contribution in [-0.2, 0) is 4.79 Å². The minimum absolute atomic E-state index is 0.0119. The summed E-state index contributed by atoms with van der Waals surface area (Å²) < 4.78 is 0. The molecule has 104 valence electrons. The first kappa shape index (κ1) is 15.5.